The highest BCUT2D eigenvalue weighted by molar-refractivity contribution is 5.39. The lowest BCUT2D eigenvalue weighted by Gasteiger charge is -1.66. The van der Waals surface area contributed by atoms with Crippen molar-refractivity contribution < 1.29 is 0 Å². The van der Waals surface area contributed by atoms with E-state index in [1.165, 1.54) is 19.3 Å². The summed E-state index contributed by atoms with van der Waals surface area (Å²) in [5.74, 6) is 0. The molecule has 0 atom stereocenters. The standard InChI is InChI=1S/C7H8/c1-2-6(1)5-7-3-4-7/h1,5H,2-4H2. The van der Waals surface area contributed by atoms with Crippen molar-refractivity contribution in [2.75, 3.05) is 0 Å². The van der Waals surface area contributed by atoms with Gasteiger partial charge in [-0.3, -0.25) is 0 Å². The van der Waals surface area contributed by atoms with Crippen molar-refractivity contribution in [1.82, 2.24) is 0 Å². The van der Waals surface area contributed by atoms with Gasteiger partial charge in [-0.15, -0.1) is 0 Å². The average Bonchev–Trinajstić information content (AvgIpc) is 2.33. The Balaban J connectivity index is 2.10. The van der Waals surface area contributed by atoms with E-state index >= 15 is 0 Å². The van der Waals surface area contributed by atoms with Gasteiger partial charge in [0.2, 0.25) is 0 Å². The monoisotopic (exact) mass is 92.1 g/mol. The quantitative estimate of drug-likeness (QED) is 0.464. The minimum absolute atomic E-state index is 1.27. The van der Waals surface area contributed by atoms with Crippen molar-refractivity contribution >= 4 is 0 Å². The lowest BCUT2D eigenvalue weighted by Crippen LogP contribution is -1.46. The number of hydrogen-bond acceptors (Lipinski definition) is 0. The van der Waals surface area contributed by atoms with Crippen LogP contribution in [-0.2, 0) is 0 Å². The van der Waals surface area contributed by atoms with E-state index < -0.39 is 0 Å². The van der Waals surface area contributed by atoms with E-state index in [1.54, 1.807) is 11.1 Å². The molecule has 1 saturated carbocycles. The number of allylic oxidation sites excluding steroid dienone is 4. The normalized spacial score (nSPS) is 24.0. The Hall–Kier alpha value is -0.520. The highest BCUT2D eigenvalue weighted by atomic mass is 14.2. The van der Waals surface area contributed by atoms with Crippen LogP contribution in [0.5, 0.6) is 0 Å². The summed E-state index contributed by atoms with van der Waals surface area (Å²) in [6, 6.07) is 0. The second-order valence-electron chi connectivity index (χ2n) is 2.29. The molecule has 0 unspecified atom stereocenters. The molecule has 0 spiro atoms. The molecule has 0 aromatic heterocycles. The molecule has 0 N–H and O–H groups in total. The Morgan fingerprint density at radius 3 is 2.57 bits per heavy atom. The second-order valence-corrected chi connectivity index (χ2v) is 2.29. The molecular weight excluding hydrogens is 84.1 g/mol. The largest absolute Gasteiger partial charge is 0.0766 e. The third-order valence-corrected chi connectivity index (χ3v) is 1.37. The van der Waals surface area contributed by atoms with E-state index in [4.69, 9.17) is 0 Å². The molecule has 0 aliphatic heterocycles. The molecule has 2 aliphatic rings. The molecule has 36 valence electrons. The molecule has 1 fully saturated rings. The van der Waals surface area contributed by atoms with Crippen LogP contribution in [0.15, 0.2) is 23.3 Å². The number of hydrogen-bond donors (Lipinski definition) is 0. The topological polar surface area (TPSA) is 0 Å². The smallest absolute Gasteiger partial charge is 0.00946 e. The molecule has 0 amide bonds. The molecule has 0 bridgehead atoms. The van der Waals surface area contributed by atoms with Crippen molar-refractivity contribution in [3.63, 3.8) is 0 Å². The zero-order chi connectivity index (χ0) is 4.69. The van der Waals surface area contributed by atoms with Crippen LogP contribution >= 0.6 is 0 Å². The van der Waals surface area contributed by atoms with Gasteiger partial charge < -0.3 is 0 Å². The van der Waals surface area contributed by atoms with Crippen LogP contribution in [0.4, 0.5) is 0 Å². The van der Waals surface area contributed by atoms with Gasteiger partial charge in [0.15, 0.2) is 0 Å². The zero-order valence-electron chi connectivity index (χ0n) is 4.28. The van der Waals surface area contributed by atoms with E-state index in [9.17, 15) is 0 Å². The van der Waals surface area contributed by atoms with Gasteiger partial charge in [0.1, 0.15) is 0 Å². The molecule has 0 heteroatoms. The molecule has 0 radical (unpaired) electrons. The van der Waals surface area contributed by atoms with Crippen LogP contribution in [0.3, 0.4) is 0 Å². The molecule has 0 saturated heterocycles. The van der Waals surface area contributed by atoms with Crippen LogP contribution < -0.4 is 0 Å². The summed E-state index contributed by atoms with van der Waals surface area (Å²) in [5, 5.41) is 0. The van der Waals surface area contributed by atoms with Crippen LogP contribution in [-0.4, -0.2) is 0 Å². The van der Waals surface area contributed by atoms with Gasteiger partial charge in [0.05, 0.1) is 0 Å². The fourth-order valence-electron chi connectivity index (χ4n) is 0.655. The molecular formula is C7H8. The van der Waals surface area contributed by atoms with E-state index in [2.05, 4.69) is 12.2 Å². The van der Waals surface area contributed by atoms with Gasteiger partial charge in [-0.05, 0) is 24.8 Å². The zero-order valence-corrected chi connectivity index (χ0v) is 4.28. The minimum atomic E-state index is 1.27. The summed E-state index contributed by atoms with van der Waals surface area (Å²) >= 11 is 0. The predicted molar refractivity (Wildman–Crippen MR) is 30.0 cm³/mol. The maximum absolute atomic E-state index is 2.33. The van der Waals surface area contributed by atoms with Crippen molar-refractivity contribution in [2.24, 2.45) is 0 Å². The summed E-state index contributed by atoms with van der Waals surface area (Å²) in [6.07, 6.45) is 8.61. The first-order valence-electron chi connectivity index (χ1n) is 2.83. The second kappa shape index (κ2) is 1.00. The van der Waals surface area contributed by atoms with Gasteiger partial charge in [0, 0.05) is 0 Å². The predicted octanol–water partition coefficient (Wildman–Crippen LogP) is 2.04. The Bertz CT molecular complexity index is 143. The first kappa shape index (κ1) is 3.48. The number of rotatable bonds is 1. The Morgan fingerprint density at radius 2 is 2.14 bits per heavy atom. The lowest BCUT2D eigenvalue weighted by molar-refractivity contribution is 1.50. The fourth-order valence-corrected chi connectivity index (χ4v) is 0.655. The van der Waals surface area contributed by atoms with Gasteiger partial charge in [0.25, 0.3) is 0 Å². The van der Waals surface area contributed by atoms with Gasteiger partial charge in [-0.25, -0.2) is 0 Å². The molecule has 0 nitrogen and oxygen atoms in total. The maximum atomic E-state index is 2.33. The maximum Gasteiger partial charge on any atom is -0.00946 e. The molecule has 2 aliphatic carbocycles. The van der Waals surface area contributed by atoms with E-state index in [0.717, 1.165) is 0 Å². The van der Waals surface area contributed by atoms with Gasteiger partial charge in [-0.1, -0.05) is 17.7 Å². The Kier molecular flexibility index (Phi) is 0.498. The van der Waals surface area contributed by atoms with Crippen LogP contribution in [0.25, 0.3) is 0 Å². The summed E-state index contributed by atoms with van der Waals surface area (Å²) in [5.41, 5.74) is 3.22. The fraction of sp³-hybridized carbons (Fsp3) is 0.429. The van der Waals surface area contributed by atoms with Gasteiger partial charge in [-0.2, -0.15) is 0 Å². The van der Waals surface area contributed by atoms with Crippen molar-refractivity contribution in [3.05, 3.63) is 23.3 Å². The lowest BCUT2D eigenvalue weighted by atomic mass is 10.4. The van der Waals surface area contributed by atoms with E-state index in [-0.39, 0.29) is 0 Å². The van der Waals surface area contributed by atoms with Gasteiger partial charge >= 0.3 is 0 Å². The first-order chi connectivity index (χ1) is 3.45. The molecule has 2 rings (SSSR count). The van der Waals surface area contributed by atoms with Crippen LogP contribution in [0.2, 0.25) is 0 Å². The highest BCUT2D eigenvalue weighted by Gasteiger charge is 2.13. The third kappa shape index (κ3) is 0.738. The summed E-state index contributed by atoms with van der Waals surface area (Å²) in [7, 11) is 0. The minimum Gasteiger partial charge on any atom is -0.0766 e. The van der Waals surface area contributed by atoms with E-state index in [0.29, 0.717) is 0 Å². The molecule has 7 heavy (non-hydrogen) atoms. The third-order valence-electron chi connectivity index (χ3n) is 1.37. The van der Waals surface area contributed by atoms with Crippen molar-refractivity contribution in [1.29, 1.82) is 0 Å². The average molecular weight is 92.1 g/mol. The van der Waals surface area contributed by atoms with Crippen LogP contribution in [0, 0.1) is 0 Å². The molecule has 0 heterocycles. The highest BCUT2D eigenvalue weighted by Crippen LogP contribution is 2.32. The van der Waals surface area contributed by atoms with Crippen LogP contribution in [0.1, 0.15) is 19.3 Å². The molecule has 0 aromatic carbocycles. The van der Waals surface area contributed by atoms with Crippen molar-refractivity contribution in [3.8, 4) is 0 Å². The summed E-state index contributed by atoms with van der Waals surface area (Å²) in [6.45, 7) is 0. The van der Waals surface area contributed by atoms with Crippen molar-refractivity contribution in [2.45, 2.75) is 19.3 Å². The Labute approximate surface area is 43.5 Å². The summed E-state index contributed by atoms with van der Waals surface area (Å²) < 4.78 is 0. The first-order valence-corrected chi connectivity index (χ1v) is 2.83. The van der Waals surface area contributed by atoms with E-state index in [1.807, 2.05) is 0 Å². The Morgan fingerprint density at radius 1 is 1.43 bits per heavy atom. The summed E-state index contributed by atoms with van der Waals surface area (Å²) in [4.78, 5) is 0. The molecule has 0 aromatic rings. The SMILES string of the molecule is C1=C(C=C2CC2)C1.